The van der Waals surface area contributed by atoms with E-state index in [9.17, 15) is 4.39 Å². The molecule has 0 atom stereocenters. The summed E-state index contributed by atoms with van der Waals surface area (Å²) in [5.74, 6) is 1.47. The topological polar surface area (TPSA) is 35.1 Å². The van der Waals surface area contributed by atoms with Gasteiger partial charge in [0, 0.05) is 12.0 Å². The van der Waals surface area contributed by atoms with Crippen molar-refractivity contribution in [2.24, 2.45) is 0 Å². The van der Waals surface area contributed by atoms with Crippen molar-refractivity contribution in [2.45, 2.75) is 13.0 Å². The molecular weight excluding hydrogens is 257 g/mol. The lowest BCUT2D eigenvalue weighted by atomic mass is 10.1. The fraction of sp³-hybridized carbons (Fsp3) is 0.250. The Bertz CT molecular complexity index is 584. The second kappa shape index (κ2) is 5.92. The molecule has 2 aromatic rings. The van der Waals surface area contributed by atoms with Gasteiger partial charge in [0.2, 0.25) is 6.79 Å². The Kier molecular flexibility index (Phi) is 3.83. The van der Waals surface area contributed by atoms with Crippen molar-refractivity contribution in [2.75, 3.05) is 13.3 Å². The number of fused-ring (bicyclic) bond motifs is 1. The third kappa shape index (κ3) is 3.08. The molecule has 1 heterocycles. The molecule has 0 fully saturated rings. The quantitative estimate of drug-likeness (QED) is 0.845. The minimum atomic E-state index is -0.186. The van der Waals surface area contributed by atoms with Crippen LogP contribution in [0, 0.1) is 5.82 Å². The van der Waals surface area contributed by atoms with Crippen molar-refractivity contribution in [3.63, 3.8) is 0 Å². The molecule has 1 aliphatic heterocycles. The predicted octanol–water partition coefficient (Wildman–Crippen LogP) is 1.86. The third-order valence-electron chi connectivity index (χ3n) is 3.37. The molecule has 3 nitrogen and oxygen atoms in total. The molecule has 0 aromatic heterocycles. The fourth-order valence-corrected chi connectivity index (χ4v) is 2.25. The summed E-state index contributed by atoms with van der Waals surface area (Å²) in [5.41, 5.74) is 2.38. The molecular formula is C16H17FNO2+. The van der Waals surface area contributed by atoms with Crippen molar-refractivity contribution in [3.8, 4) is 11.5 Å². The van der Waals surface area contributed by atoms with Gasteiger partial charge in [0.1, 0.15) is 12.4 Å². The molecule has 0 amide bonds. The number of rotatable bonds is 5. The molecule has 4 heteroatoms. The summed E-state index contributed by atoms with van der Waals surface area (Å²) < 4.78 is 23.4. The van der Waals surface area contributed by atoms with Crippen LogP contribution in [0.25, 0.3) is 0 Å². The Balaban J connectivity index is 1.47. The fourth-order valence-electron chi connectivity index (χ4n) is 2.25. The molecule has 2 N–H and O–H groups in total. The Hall–Kier alpha value is -2.07. The summed E-state index contributed by atoms with van der Waals surface area (Å²) in [7, 11) is 0. The van der Waals surface area contributed by atoms with Gasteiger partial charge in [-0.15, -0.1) is 0 Å². The van der Waals surface area contributed by atoms with Crippen LogP contribution in [0.4, 0.5) is 4.39 Å². The van der Waals surface area contributed by atoms with Crippen LogP contribution >= 0.6 is 0 Å². The Morgan fingerprint density at radius 1 is 0.950 bits per heavy atom. The first kappa shape index (κ1) is 12.9. The van der Waals surface area contributed by atoms with Crippen LogP contribution in [-0.4, -0.2) is 13.3 Å². The minimum absolute atomic E-state index is 0.186. The second-order valence-electron chi connectivity index (χ2n) is 4.85. The number of benzene rings is 2. The first-order valence-corrected chi connectivity index (χ1v) is 6.76. The highest BCUT2D eigenvalue weighted by Gasteiger charge is 2.13. The standard InChI is InChI=1S/C16H16FNO2/c17-14-4-1-13(2-5-14)10-18-8-7-12-3-6-15-16(9-12)20-11-19-15/h1-6,9,18H,7-8,10-11H2/p+1. The smallest absolute Gasteiger partial charge is 0.231 e. The normalized spacial score (nSPS) is 12.7. The lowest BCUT2D eigenvalue weighted by molar-refractivity contribution is -0.670. The number of hydrogen-bond donors (Lipinski definition) is 1. The molecule has 0 aliphatic carbocycles. The summed E-state index contributed by atoms with van der Waals surface area (Å²) >= 11 is 0. The van der Waals surface area contributed by atoms with E-state index in [0.29, 0.717) is 6.79 Å². The van der Waals surface area contributed by atoms with Crippen LogP contribution < -0.4 is 14.8 Å². The zero-order valence-electron chi connectivity index (χ0n) is 11.1. The predicted molar refractivity (Wildman–Crippen MR) is 73.2 cm³/mol. The lowest BCUT2D eigenvalue weighted by Crippen LogP contribution is -2.83. The average molecular weight is 274 g/mol. The first-order chi connectivity index (χ1) is 9.81. The zero-order chi connectivity index (χ0) is 13.8. The van der Waals surface area contributed by atoms with E-state index in [4.69, 9.17) is 9.47 Å². The number of ether oxygens (including phenoxy) is 2. The Morgan fingerprint density at radius 2 is 1.70 bits per heavy atom. The maximum atomic E-state index is 12.8. The number of hydrogen-bond acceptors (Lipinski definition) is 2. The molecule has 0 spiro atoms. The Morgan fingerprint density at radius 3 is 2.55 bits per heavy atom. The van der Waals surface area contributed by atoms with Crippen LogP contribution in [0.5, 0.6) is 11.5 Å². The molecule has 0 radical (unpaired) electrons. The van der Waals surface area contributed by atoms with Crippen LogP contribution in [0.1, 0.15) is 11.1 Å². The third-order valence-corrected chi connectivity index (χ3v) is 3.37. The molecule has 3 rings (SSSR count). The molecule has 0 bridgehead atoms. The summed E-state index contributed by atoms with van der Waals surface area (Å²) in [6, 6.07) is 12.7. The van der Waals surface area contributed by atoms with Crippen molar-refractivity contribution >= 4 is 0 Å². The van der Waals surface area contributed by atoms with Crippen molar-refractivity contribution in [3.05, 3.63) is 59.4 Å². The molecule has 2 aromatic carbocycles. The van der Waals surface area contributed by atoms with Crippen molar-refractivity contribution in [1.29, 1.82) is 0 Å². The second-order valence-corrected chi connectivity index (χ2v) is 4.85. The van der Waals surface area contributed by atoms with Gasteiger partial charge in [-0.2, -0.15) is 0 Å². The molecule has 104 valence electrons. The van der Waals surface area contributed by atoms with Gasteiger partial charge >= 0.3 is 0 Å². The van der Waals surface area contributed by atoms with Crippen LogP contribution in [0.15, 0.2) is 42.5 Å². The van der Waals surface area contributed by atoms with Gasteiger partial charge in [0.15, 0.2) is 11.5 Å². The number of quaternary nitrogens is 1. The van der Waals surface area contributed by atoms with E-state index in [1.54, 1.807) is 0 Å². The first-order valence-electron chi connectivity index (χ1n) is 6.76. The van der Waals surface area contributed by atoms with Crippen molar-refractivity contribution in [1.82, 2.24) is 0 Å². The van der Waals surface area contributed by atoms with Gasteiger partial charge in [-0.05, 0) is 29.8 Å². The van der Waals surface area contributed by atoms with Gasteiger partial charge in [-0.3, -0.25) is 0 Å². The zero-order valence-corrected chi connectivity index (χ0v) is 11.1. The van der Waals surface area contributed by atoms with E-state index in [2.05, 4.69) is 11.4 Å². The molecule has 0 saturated heterocycles. The summed E-state index contributed by atoms with van der Waals surface area (Å²) in [5, 5.41) is 2.22. The number of nitrogens with two attached hydrogens (primary N) is 1. The number of halogens is 1. The summed E-state index contributed by atoms with van der Waals surface area (Å²) in [4.78, 5) is 0. The van der Waals surface area contributed by atoms with Crippen LogP contribution in [-0.2, 0) is 13.0 Å². The van der Waals surface area contributed by atoms with E-state index in [-0.39, 0.29) is 5.82 Å². The van der Waals surface area contributed by atoms with E-state index >= 15 is 0 Å². The maximum Gasteiger partial charge on any atom is 0.231 e. The van der Waals surface area contributed by atoms with Gasteiger partial charge in [0.25, 0.3) is 0 Å². The maximum absolute atomic E-state index is 12.8. The SMILES string of the molecule is Fc1ccc(C[NH2+]CCc2ccc3c(c2)OCO3)cc1. The van der Waals surface area contributed by atoms with Gasteiger partial charge < -0.3 is 14.8 Å². The van der Waals surface area contributed by atoms with Gasteiger partial charge in [-0.1, -0.05) is 18.2 Å². The molecule has 0 saturated carbocycles. The van der Waals surface area contributed by atoms with Crippen LogP contribution in [0.2, 0.25) is 0 Å². The van der Waals surface area contributed by atoms with Gasteiger partial charge in [0.05, 0.1) is 6.54 Å². The molecule has 1 aliphatic rings. The van der Waals surface area contributed by atoms with Gasteiger partial charge in [-0.25, -0.2) is 4.39 Å². The van der Waals surface area contributed by atoms with E-state index in [0.717, 1.165) is 36.6 Å². The highest BCUT2D eigenvalue weighted by molar-refractivity contribution is 5.44. The van der Waals surface area contributed by atoms with E-state index < -0.39 is 0 Å². The average Bonchev–Trinajstić information content (AvgIpc) is 2.93. The molecule has 0 unspecified atom stereocenters. The summed E-state index contributed by atoms with van der Waals surface area (Å²) in [6.45, 7) is 2.16. The molecule has 20 heavy (non-hydrogen) atoms. The highest BCUT2D eigenvalue weighted by atomic mass is 19.1. The summed E-state index contributed by atoms with van der Waals surface area (Å²) in [6.07, 6.45) is 0.970. The van der Waals surface area contributed by atoms with Crippen LogP contribution in [0.3, 0.4) is 0 Å². The highest BCUT2D eigenvalue weighted by Crippen LogP contribution is 2.32. The largest absolute Gasteiger partial charge is 0.454 e. The minimum Gasteiger partial charge on any atom is -0.454 e. The van der Waals surface area contributed by atoms with Crippen molar-refractivity contribution < 1.29 is 19.2 Å². The van der Waals surface area contributed by atoms with E-state index in [1.165, 1.54) is 17.7 Å². The Labute approximate surface area is 117 Å². The monoisotopic (exact) mass is 274 g/mol. The van der Waals surface area contributed by atoms with E-state index in [1.807, 2.05) is 24.3 Å². The lowest BCUT2D eigenvalue weighted by Gasteiger charge is -2.04.